The van der Waals surface area contributed by atoms with E-state index in [1.54, 1.807) is 0 Å². The third-order valence-corrected chi connectivity index (χ3v) is 7.77. The highest BCUT2D eigenvalue weighted by atomic mass is 16.3. The number of aliphatic hydroxyl groups excluding tert-OH is 2. The van der Waals surface area contributed by atoms with Crippen LogP contribution in [0.15, 0.2) is 0 Å². The molecule has 3 rings (SSSR count). The van der Waals surface area contributed by atoms with Crippen LogP contribution >= 0.6 is 0 Å². The average Bonchev–Trinajstić information content (AvgIpc) is 3.37. The van der Waals surface area contributed by atoms with Crippen molar-refractivity contribution in [3.8, 4) is 0 Å². The van der Waals surface area contributed by atoms with Gasteiger partial charge in [-0.2, -0.15) is 0 Å². The Morgan fingerprint density at radius 1 is 0.857 bits per heavy atom. The Morgan fingerprint density at radius 2 is 1.43 bits per heavy atom. The van der Waals surface area contributed by atoms with E-state index < -0.39 is 0 Å². The van der Waals surface area contributed by atoms with E-state index in [0.29, 0.717) is 43.4 Å². The van der Waals surface area contributed by atoms with Crippen LogP contribution in [0.1, 0.15) is 51.4 Å². The summed E-state index contributed by atoms with van der Waals surface area (Å²) in [5.74, 6) is 4.29. The van der Waals surface area contributed by atoms with Gasteiger partial charge in [0.15, 0.2) is 0 Å². The number of carbonyl (C=O) groups excluding carboxylic acids is 2. The van der Waals surface area contributed by atoms with Gasteiger partial charge in [-0.05, 0) is 74.0 Å². The zero-order valence-electron chi connectivity index (χ0n) is 17.6. The molecular weight excluding hydrogens is 356 g/mol. The van der Waals surface area contributed by atoms with Gasteiger partial charge in [-0.25, -0.2) is 0 Å². The molecule has 3 aliphatic rings. The van der Waals surface area contributed by atoms with E-state index in [4.69, 9.17) is 10.2 Å². The first kappa shape index (κ1) is 21.6. The lowest BCUT2D eigenvalue weighted by Crippen LogP contribution is -2.40. The number of rotatable bonds is 10. The maximum absolute atomic E-state index is 12.4. The first-order valence-electron chi connectivity index (χ1n) is 11.2. The summed E-state index contributed by atoms with van der Waals surface area (Å²) in [5, 5.41) is 18.0. The van der Waals surface area contributed by atoms with Crippen LogP contribution in [-0.2, 0) is 9.59 Å². The predicted octanol–water partition coefficient (Wildman–Crippen LogP) is 1.75. The molecule has 3 aliphatic carbocycles. The molecule has 3 fully saturated rings. The van der Waals surface area contributed by atoms with Crippen LogP contribution < -0.4 is 0 Å². The van der Waals surface area contributed by atoms with Gasteiger partial charge >= 0.3 is 0 Å². The van der Waals surface area contributed by atoms with Gasteiger partial charge in [0, 0.05) is 53.2 Å². The monoisotopic (exact) mass is 394 g/mol. The molecule has 160 valence electrons. The van der Waals surface area contributed by atoms with Crippen molar-refractivity contribution in [3.63, 3.8) is 0 Å². The van der Waals surface area contributed by atoms with Crippen molar-refractivity contribution in [1.82, 2.24) is 9.80 Å². The number of aliphatic hydroxyl groups is 2. The minimum Gasteiger partial charge on any atom is -0.396 e. The molecule has 0 aromatic carbocycles. The Morgan fingerprint density at radius 3 is 2.04 bits per heavy atom. The fourth-order valence-corrected chi connectivity index (χ4v) is 6.50. The first-order chi connectivity index (χ1) is 13.5. The molecule has 6 atom stereocenters. The van der Waals surface area contributed by atoms with E-state index in [2.05, 4.69) is 0 Å². The average molecular weight is 395 g/mol. The molecule has 0 aromatic rings. The highest BCUT2D eigenvalue weighted by Crippen LogP contribution is 2.62. The van der Waals surface area contributed by atoms with E-state index in [0.717, 1.165) is 30.8 Å². The summed E-state index contributed by atoms with van der Waals surface area (Å²) in [6.07, 6.45) is 7.11. The van der Waals surface area contributed by atoms with Crippen LogP contribution in [0.3, 0.4) is 0 Å². The third-order valence-electron chi connectivity index (χ3n) is 7.77. The van der Waals surface area contributed by atoms with Crippen LogP contribution in [0.25, 0.3) is 0 Å². The predicted molar refractivity (Wildman–Crippen MR) is 107 cm³/mol. The Hall–Kier alpha value is -1.14. The van der Waals surface area contributed by atoms with Crippen LogP contribution in [0.5, 0.6) is 0 Å². The lowest BCUT2D eigenvalue weighted by molar-refractivity contribution is -0.133. The first-order valence-corrected chi connectivity index (χ1v) is 11.2. The van der Waals surface area contributed by atoms with E-state index in [1.807, 2.05) is 23.9 Å². The Bertz CT molecular complexity index is 555. The summed E-state index contributed by atoms with van der Waals surface area (Å²) < 4.78 is 0. The molecule has 28 heavy (non-hydrogen) atoms. The van der Waals surface area contributed by atoms with Gasteiger partial charge in [0.2, 0.25) is 11.8 Å². The summed E-state index contributed by atoms with van der Waals surface area (Å²) in [4.78, 5) is 28.5. The largest absolute Gasteiger partial charge is 0.396 e. The minimum absolute atomic E-state index is 0.0554. The lowest BCUT2D eigenvalue weighted by atomic mass is 9.77. The van der Waals surface area contributed by atoms with Gasteiger partial charge < -0.3 is 20.0 Å². The zero-order valence-corrected chi connectivity index (χ0v) is 17.6. The molecule has 0 spiro atoms. The number of hydrogen-bond acceptors (Lipinski definition) is 4. The molecule has 0 saturated heterocycles. The second-order valence-corrected chi connectivity index (χ2v) is 9.44. The van der Waals surface area contributed by atoms with Gasteiger partial charge in [0.05, 0.1) is 0 Å². The van der Waals surface area contributed by atoms with Crippen molar-refractivity contribution in [2.24, 2.45) is 35.5 Å². The van der Waals surface area contributed by atoms with Gasteiger partial charge in [-0.15, -0.1) is 0 Å². The van der Waals surface area contributed by atoms with Crippen LogP contribution in [-0.4, -0.2) is 72.2 Å². The standard InChI is InChI=1S/C22H38N2O4/c1-23(20(27)5-3-9-25)13-17-12-18-15-7-8-16(11-15)22(18)19(17)14-24(2)21(28)6-4-10-26/h15-19,22,25-26H,3-14H2,1-2H3. The molecular formula is C22H38N2O4. The van der Waals surface area contributed by atoms with Crippen molar-refractivity contribution in [3.05, 3.63) is 0 Å². The fourth-order valence-electron chi connectivity index (χ4n) is 6.50. The van der Waals surface area contributed by atoms with E-state index in [9.17, 15) is 9.59 Å². The second kappa shape index (κ2) is 9.57. The third kappa shape index (κ3) is 4.54. The van der Waals surface area contributed by atoms with Crippen LogP contribution in [0, 0.1) is 35.5 Å². The molecule has 0 aromatic heterocycles. The summed E-state index contributed by atoms with van der Waals surface area (Å²) >= 11 is 0. The number of hydrogen-bond donors (Lipinski definition) is 2. The Kier molecular flexibility index (Phi) is 7.37. The van der Waals surface area contributed by atoms with Crippen molar-refractivity contribution in [1.29, 1.82) is 0 Å². The van der Waals surface area contributed by atoms with E-state index >= 15 is 0 Å². The van der Waals surface area contributed by atoms with Gasteiger partial charge in [0.1, 0.15) is 0 Å². The molecule has 3 saturated carbocycles. The molecule has 0 aliphatic heterocycles. The second-order valence-electron chi connectivity index (χ2n) is 9.44. The Labute approximate surface area is 169 Å². The number of amides is 2. The normalized spacial score (nSPS) is 33.1. The molecule has 0 heterocycles. The molecule has 6 heteroatoms. The number of carbonyl (C=O) groups is 2. The molecule has 2 bridgehead atoms. The van der Waals surface area contributed by atoms with Crippen LogP contribution in [0.4, 0.5) is 0 Å². The highest BCUT2D eigenvalue weighted by Gasteiger charge is 2.56. The molecule has 6 nitrogen and oxygen atoms in total. The van der Waals surface area contributed by atoms with E-state index in [-0.39, 0.29) is 25.0 Å². The van der Waals surface area contributed by atoms with Gasteiger partial charge in [-0.1, -0.05) is 0 Å². The van der Waals surface area contributed by atoms with Crippen LogP contribution in [0.2, 0.25) is 0 Å². The smallest absolute Gasteiger partial charge is 0.222 e. The minimum atomic E-state index is 0.0554. The number of nitrogens with zero attached hydrogens (tertiary/aromatic N) is 2. The maximum Gasteiger partial charge on any atom is 0.222 e. The molecule has 0 radical (unpaired) electrons. The molecule has 2 N–H and O–H groups in total. The van der Waals surface area contributed by atoms with Crippen molar-refractivity contribution in [2.75, 3.05) is 40.4 Å². The van der Waals surface area contributed by atoms with Gasteiger partial charge in [-0.3, -0.25) is 9.59 Å². The van der Waals surface area contributed by atoms with Gasteiger partial charge in [0.25, 0.3) is 0 Å². The van der Waals surface area contributed by atoms with Crippen molar-refractivity contribution < 1.29 is 19.8 Å². The zero-order chi connectivity index (χ0) is 20.3. The van der Waals surface area contributed by atoms with Crippen molar-refractivity contribution >= 4 is 11.8 Å². The topological polar surface area (TPSA) is 81.1 Å². The summed E-state index contributed by atoms with van der Waals surface area (Å²) in [6.45, 7) is 1.65. The molecule has 6 unspecified atom stereocenters. The summed E-state index contributed by atoms with van der Waals surface area (Å²) in [6, 6.07) is 0. The summed E-state index contributed by atoms with van der Waals surface area (Å²) in [5.41, 5.74) is 0. The number of fused-ring (bicyclic) bond motifs is 5. The molecule has 2 amide bonds. The Balaban J connectivity index is 1.65. The van der Waals surface area contributed by atoms with Crippen molar-refractivity contribution in [2.45, 2.75) is 51.4 Å². The summed E-state index contributed by atoms with van der Waals surface area (Å²) in [7, 11) is 3.78. The quantitative estimate of drug-likeness (QED) is 0.591. The van der Waals surface area contributed by atoms with E-state index in [1.165, 1.54) is 25.7 Å². The fraction of sp³-hybridized carbons (Fsp3) is 0.909. The lowest BCUT2D eigenvalue weighted by Gasteiger charge is -2.34. The maximum atomic E-state index is 12.4. The SMILES string of the molecule is CN(CC1CC2C3CCC(C3)C2C1CN(C)C(=O)CCCO)C(=O)CCCO. The highest BCUT2D eigenvalue weighted by molar-refractivity contribution is 5.76.